The van der Waals surface area contributed by atoms with E-state index in [1.54, 1.807) is 0 Å². The van der Waals surface area contributed by atoms with E-state index in [2.05, 4.69) is 51.8 Å². The molecule has 0 aliphatic rings. The molecule has 1 aromatic rings. The van der Waals surface area contributed by atoms with Crippen LogP contribution in [0, 0.1) is 20.8 Å². The largest absolute Gasteiger partial charge is 0.328 e. The second kappa shape index (κ2) is 7.66. The van der Waals surface area contributed by atoms with Crippen molar-refractivity contribution in [1.29, 1.82) is 0 Å². The van der Waals surface area contributed by atoms with Crippen molar-refractivity contribution in [2.24, 2.45) is 5.73 Å². The maximum absolute atomic E-state index is 5.78. The Morgan fingerprint density at radius 3 is 2.42 bits per heavy atom. The average molecular weight is 262 g/mol. The van der Waals surface area contributed by atoms with Gasteiger partial charge in [0.2, 0.25) is 0 Å². The lowest BCUT2D eigenvalue weighted by molar-refractivity contribution is 0.326. The Morgan fingerprint density at radius 1 is 1.11 bits per heavy atom. The van der Waals surface area contributed by atoms with Gasteiger partial charge in [-0.1, -0.05) is 12.1 Å². The molecule has 0 aliphatic carbocycles. The molecule has 2 nitrogen and oxygen atoms in total. The minimum Gasteiger partial charge on any atom is -0.328 e. The summed E-state index contributed by atoms with van der Waals surface area (Å²) in [4.78, 5) is 2.41. The fourth-order valence-corrected chi connectivity index (χ4v) is 2.39. The summed E-state index contributed by atoms with van der Waals surface area (Å²) in [7, 11) is 2.21. The molecule has 1 aromatic carbocycles. The van der Waals surface area contributed by atoms with Gasteiger partial charge in [0.15, 0.2) is 0 Å². The van der Waals surface area contributed by atoms with Gasteiger partial charge in [0.1, 0.15) is 0 Å². The van der Waals surface area contributed by atoms with Gasteiger partial charge in [-0.15, -0.1) is 0 Å². The lowest BCUT2D eigenvalue weighted by Gasteiger charge is -2.18. The van der Waals surface area contributed by atoms with Crippen molar-refractivity contribution in [2.45, 2.75) is 53.0 Å². The Hall–Kier alpha value is -0.860. The molecule has 2 heteroatoms. The molecule has 0 saturated heterocycles. The molecule has 1 rings (SSSR count). The summed E-state index contributed by atoms with van der Waals surface area (Å²) in [6, 6.07) is 4.86. The molecule has 0 aliphatic heterocycles. The fraction of sp³-hybridized carbons (Fsp3) is 0.647. The molecule has 0 heterocycles. The minimum absolute atomic E-state index is 0.329. The topological polar surface area (TPSA) is 29.3 Å². The van der Waals surface area contributed by atoms with Gasteiger partial charge in [-0.3, -0.25) is 0 Å². The highest BCUT2D eigenvalue weighted by Crippen LogP contribution is 2.17. The van der Waals surface area contributed by atoms with E-state index in [1.165, 1.54) is 28.7 Å². The van der Waals surface area contributed by atoms with Gasteiger partial charge >= 0.3 is 0 Å². The van der Waals surface area contributed by atoms with Crippen molar-refractivity contribution < 1.29 is 0 Å². The van der Waals surface area contributed by atoms with Gasteiger partial charge in [0.25, 0.3) is 0 Å². The van der Waals surface area contributed by atoms with E-state index < -0.39 is 0 Å². The van der Waals surface area contributed by atoms with E-state index in [9.17, 15) is 0 Å². The molecule has 0 aromatic heterocycles. The first-order valence-corrected chi connectivity index (χ1v) is 7.41. The Labute approximate surface area is 119 Å². The van der Waals surface area contributed by atoms with Crippen LogP contribution in [0.2, 0.25) is 0 Å². The molecule has 1 atom stereocenters. The molecule has 19 heavy (non-hydrogen) atoms. The Morgan fingerprint density at radius 2 is 1.79 bits per heavy atom. The van der Waals surface area contributed by atoms with Gasteiger partial charge in [-0.2, -0.15) is 0 Å². The number of aryl methyl sites for hydroxylation is 1. The van der Waals surface area contributed by atoms with Gasteiger partial charge in [-0.05, 0) is 82.8 Å². The van der Waals surface area contributed by atoms with E-state index in [1.807, 2.05) is 0 Å². The standard InChI is InChI=1S/C17H30N2/c1-13-8-9-17(16(4)15(13)3)10-12-19(5)11-6-7-14(2)18/h8-9,14H,6-7,10-12,18H2,1-5H3. The third kappa shape index (κ3) is 5.33. The van der Waals surface area contributed by atoms with Crippen molar-refractivity contribution in [2.75, 3.05) is 20.1 Å². The lowest BCUT2D eigenvalue weighted by Crippen LogP contribution is -2.24. The fourth-order valence-electron chi connectivity index (χ4n) is 2.39. The number of likely N-dealkylation sites (N-methyl/N-ethyl adjacent to an activating group) is 1. The Bertz CT molecular complexity index is 396. The van der Waals surface area contributed by atoms with Gasteiger partial charge in [0.05, 0.1) is 0 Å². The Kier molecular flexibility index (Phi) is 6.53. The number of nitrogens with two attached hydrogens (primary N) is 1. The average Bonchev–Trinajstić information content (AvgIpc) is 2.35. The van der Waals surface area contributed by atoms with Gasteiger partial charge in [-0.25, -0.2) is 0 Å². The number of nitrogens with zero attached hydrogens (tertiary/aromatic N) is 1. The van der Waals surface area contributed by atoms with Crippen molar-refractivity contribution in [3.8, 4) is 0 Å². The van der Waals surface area contributed by atoms with Crippen LogP contribution in [0.4, 0.5) is 0 Å². The van der Waals surface area contributed by atoms with Crippen LogP contribution in [0.15, 0.2) is 12.1 Å². The molecule has 108 valence electrons. The van der Waals surface area contributed by atoms with Crippen molar-refractivity contribution in [3.05, 3.63) is 34.4 Å². The van der Waals surface area contributed by atoms with Crippen molar-refractivity contribution >= 4 is 0 Å². The molecule has 0 radical (unpaired) electrons. The van der Waals surface area contributed by atoms with Gasteiger partial charge < -0.3 is 10.6 Å². The minimum atomic E-state index is 0.329. The van der Waals surface area contributed by atoms with Crippen molar-refractivity contribution in [1.82, 2.24) is 4.90 Å². The van der Waals surface area contributed by atoms with Crippen LogP contribution in [0.5, 0.6) is 0 Å². The zero-order valence-corrected chi connectivity index (χ0v) is 13.3. The molecule has 0 amide bonds. The SMILES string of the molecule is Cc1ccc(CCN(C)CCCC(C)N)c(C)c1C. The quantitative estimate of drug-likeness (QED) is 0.817. The second-order valence-corrected chi connectivity index (χ2v) is 5.96. The molecule has 0 saturated carbocycles. The van der Waals surface area contributed by atoms with E-state index in [0.717, 1.165) is 25.9 Å². The highest BCUT2D eigenvalue weighted by Gasteiger charge is 2.05. The van der Waals surface area contributed by atoms with Gasteiger partial charge in [0, 0.05) is 12.6 Å². The Balaban J connectivity index is 2.42. The van der Waals surface area contributed by atoms with Crippen LogP contribution in [-0.4, -0.2) is 31.1 Å². The predicted octanol–water partition coefficient (Wildman–Crippen LogP) is 3.21. The van der Waals surface area contributed by atoms with Crippen LogP contribution >= 0.6 is 0 Å². The summed E-state index contributed by atoms with van der Waals surface area (Å²) in [5.74, 6) is 0. The third-order valence-corrected chi connectivity index (χ3v) is 4.13. The van der Waals surface area contributed by atoms with E-state index >= 15 is 0 Å². The number of rotatable bonds is 7. The summed E-state index contributed by atoms with van der Waals surface area (Å²) in [5.41, 5.74) is 11.6. The molecule has 0 fully saturated rings. The highest BCUT2D eigenvalue weighted by atomic mass is 15.1. The second-order valence-electron chi connectivity index (χ2n) is 5.96. The van der Waals surface area contributed by atoms with Crippen molar-refractivity contribution in [3.63, 3.8) is 0 Å². The maximum atomic E-state index is 5.78. The normalized spacial score (nSPS) is 13.0. The number of hydrogen-bond acceptors (Lipinski definition) is 2. The first-order valence-electron chi connectivity index (χ1n) is 7.41. The highest BCUT2D eigenvalue weighted by molar-refractivity contribution is 5.38. The summed E-state index contributed by atoms with van der Waals surface area (Å²) in [5, 5.41) is 0. The van der Waals surface area contributed by atoms with Crippen LogP contribution < -0.4 is 5.73 Å². The molecule has 2 N–H and O–H groups in total. The zero-order chi connectivity index (χ0) is 14.4. The number of benzene rings is 1. The lowest BCUT2D eigenvalue weighted by atomic mass is 9.97. The van der Waals surface area contributed by atoms with Crippen LogP contribution in [0.25, 0.3) is 0 Å². The zero-order valence-electron chi connectivity index (χ0n) is 13.3. The molecule has 1 unspecified atom stereocenters. The first kappa shape index (κ1) is 16.2. The van der Waals surface area contributed by atoms with Crippen LogP contribution in [-0.2, 0) is 6.42 Å². The maximum Gasteiger partial charge on any atom is 0.00189 e. The third-order valence-electron chi connectivity index (χ3n) is 4.13. The monoisotopic (exact) mass is 262 g/mol. The number of hydrogen-bond donors (Lipinski definition) is 1. The van der Waals surface area contributed by atoms with Crippen LogP contribution in [0.3, 0.4) is 0 Å². The summed E-state index contributed by atoms with van der Waals surface area (Å²) >= 11 is 0. The molecule has 0 bridgehead atoms. The summed E-state index contributed by atoms with van der Waals surface area (Å²) in [6.45, 7) is 11.0. The molecular formula is C17H30N2. The van der Waals surface area contributed by atoms with E-state index in [0.29, 0.717) is 6.04 Å². The van der Waals surface area contributed by atoms with E-state index in [-0.39, 0.29) is 0 Å². The molecule has 0 spiro atoms. The smallest absolute Gasteiger partial charge is 0.00189 e. The molecular weight excluding hydrogens is 232 g/mol. The first-order chi connectivity index (χ1) is 8.91. The summed E-state index contributed by atoms with van der Waals surface area (Å²) < 4.78 is 0. The summed E-state index contributed by atoms with van der Waals surface area (Å²) in [6.07, 6.45) is 3.45. The van der Waals surface area contributed by atoms with Crippen LogP contribution in [0.1, 0.15) is 42.0 Å². The van der Waals surface area contributed by atoms with E-state index in [4.69, 9.17) is 5.73 Å². The predicted molar refractivity (Wildman–Crippen MR) is 84.7 cm³/mol.